The lowest BCUT2D eigenvalue weighted by atomic mass is 10.2. The summed E-state index contributed by atoms with van der Waals surface area (Å²) >= 11 is 1.50. The molecule has 20 heavy (non-hydrogen) atoms. The molecule has 5 nitrogen and oxygen atoms in total. The average Bonchev–Trinajstić information content (AvgIpc) is 3.07. The summed E-state index contributed by atoms with van der Waals surface area (Å²) in [6.07, 6.45) is 1.62. The van der Waals surface area contributed by atoms with Crippen molar-refractivity contribution in [3.05, 3.63) is 39.6 Å². The van der Waals surface area contributed by atoms with Gasteiger partial charge in [-0.15, -0.1) is 11.3 Å². The largest absolute Gasteiger partial charge is 0.367 e. The summed E-state index contributed by atoms with van der Waals surface area (Å²) < 4.78 is 5.72. The first-order valence-corrected chi connectivity index (χ1v) is 7.49. The number of aromatic amines is 1. The van der Waals surface area contributed by atoms with E-state index in [1.54, 1.807) is 6.20 Å². The summed E-state index contributed by atoms with van der Waals surface area (Å²) in [5.74, 6) is 0.886. The molecule has 1 aliphatic rings. The van der Waals surface area contributed by atoms with Gasteiger partial charge in [0.05, 0.1) is 18.0 Å². The molecule has 1 N–H and O–H groups in total. The molecule has 0 saturated carbocycles. The number of aryl methyl sites for hydroxylation is 2. The monoisotopic (exact) mass is 291 g/mol. The number of carbonyl (C=O) groups is 1. The molecule has 3 heterocycles. The van der Waals surface area contributed by atoms with Crippen LogP contribution in [0.2, 0.25) is 0 Å². The molecule has 1 aliphatic heterocycles. The van der Waals surface area contributed by atoms with Gasteiger partial charge in [0, 0.05) is 18.4 Å². The van der Waals surface area contributed by atoms with Crippen LogP contribution >= 0.6 is 11.3 Å². The van der Waals surface area contributed by atoms with Crippen molar-refractivity contribution in [3.8, 4) is 0 Å². The van der Waals surface area contributed by atoms with Gasteiger partial charge in [-0.25, -0.2) is 4.98 Å². The number of hydrogen-bond donors (Lipinski definition) is 1. The van der Waals surface area contributed by atoms with Gasteiger partial charge in [0.2, 0.25) is 0 Å². The zero-order valence-corrected chi connectivity index (χ0v) is 12.4. The van der Waals surface area contributed by atoms with Crippen LogP contribution in [-0.2, 0) is 4.74 Å². The Morgan fingerprint density at radius 2 is 2.40 bits per heavy atom. The number of carbonyl (C=O) groups excluding carboxylic acids is 1. The van der Waals surface area contributed by atoms with Gasteiger partial charge in [0.25, 0.3) is 5.91 Å². The highest BCUT2D eigenvalue weighted by Gasteiger charge is 2.28. The maximum Gasteiger partial charge on any atom is 0.264 e. The topological polar surface area (TPSA) is 58.2 Å². The molecule has 1 amide bonds. The van der Waals surface area contributed by atoms with Gasteiger partial charge in [-0.1, -0.05) is 0 Å². The second-order valence-corrected chi connectivity index (χ2v) is 5.91. The molecule has 1 saturated heterocycles. The molecule has 2 aromatic heterocycles. The minimum Gasteiger partial charge on any atom is -0.367 e. The highest BCUT2D eigenvalue weighted by molar-refractivity contribution is 7.12. The standard InChI is InChI=1S/C14H17N3O2S/c1-9-3-6-20-12(9)14(18)17-4-5-19-11(8-17)13-15-7-10(2)16-13/h3,6-7,11H,4-5,8H2,1-2H3,(H,15,16)/t11-/m1/s1. The first-order chi connectivity index (χ1) is 9.65. The number of imidazole rings is 1. The quantitative estimate of drug-likeness (QED) is 0.923. The number of nitrogens with zero attached hydrogens (tertiary/aromatic N) is 2. The number of amides is 1. The Kier molecular flexibility index (Phi) is 3.58. The Balaban J connectivity index is 1.75. The Bertz CT molecular complexity index is 619. The fraction of sp³-hybridized carbons (Fsp3) is 0.429. The number of hydrogen-bond acceptors (Lipinski definition) is 4. The fourth-order valence-electron chi connectivity index (χ4n) is 2.33. The molecule has 0 unspecified atom stereocenters. The summed E-state index contributed by atoms with van der Waals surface area (Å²) in [6, 6.07) is 1.98. The molecule has 0 radical (unpaired) electrons. The highest BCUT2D eigenvalue weighted by atomic mass is 32.1. The SMILES string of the molecule is Cc1cnc([C@H]2CN(C(=O)c3sccc3C)CCO2)[nH]1. The lowest BCUT2D eigenvalue weighted by molar-refractivity contribution is -0.0263. The van der Waals surface area contributed by atoms with E-state index in [0.717, 1.165) is 22.0 Å². The van der Waals surface area contributed by atoms with E-state index in [1.807, 2.05) is 30.2 Å². The normalized spacial score (nSPS) is 19.3. The molecule has 1 atom stereocenters. The Hall–Kier alpha value is -1.66. The van der Waals surface area contributed by atoms with Crippen molar-refractivity contribution >= 4 is 17.2 Å². The second-order valence-electron chi connectivity index (χ2n) is 4.99. The molecule has 106 valence electrons. The molecule has 0 bridgehead atoms. The summed E-state index contributed by atoms with van der Waals surface area (Å²) in [6.45, 7) is 5.64. The lowest BCUT2D eigenvalue weighted by Crippen LogP contribution is -2.42. The molecular formula is C14H17N3O2S. The molecule has 0 spiro atoms. The van der Waals surface area contributed by atoms with Crippen molar-refractivity contribution < 1.29 is 9.53 Å². The maximum absolute atomic E-state index is 12.5. The van der Waals surface area contributed by atoms with Crippen LogP contribution < -0.4 is 0 Å². The summed E-state index contributed by atoms with van der Waals surface area (Å²) in [4.78, 5) is 22.7. The van der Waals surface area contributed by atoms with Gasteiger partial charge in [-0.3, -0.25) is 4.79 Å². The molecule has 6 heteroatoms. The Morgan fingerprint density at radius 1 is 1.55 bits per heavy atom. The number of nitrogens with one attached hydrogen (secondary N) is 1. The van der Waals surface area contributed by atoms with Crippen LogP contribution in [0.3, 0.4) is 0 Å². The van der Waals surface area contributed by atoms with E-state index in [-0.39, 0.29) is 12.0 Å². The second kappa shape index (κ2) is 5.38. The smallest absolute Gasteiger partial charge is 0.264 e. The van der Waals surface area contributed by atoms with E-state index < -0.39 is 0 Å². The van der Waals surface area contributed by atoms with E-state index in [4.69, 9.17) is 4.74 Å². The highest BCUT2D eigenvalue weighted by Crippen LogP contribution is 2.24. The minimum atomic E-state index is -0.165. The van der Waals surface area contributed by atoms with Crippen molar-refractivity contribution in [2.24, 2.45) is 0 Å². The van der Waals surface area contributed by atoms with Gasteiger partial charge in [-0.2, -0.15) is 0 Å². The van der Waals surface area contributed by atoms with Gasteiger partial charge >= 0.3 is 0 Å². The number of H-pyrrole nitrogens is 1. The van der Waals surface area contributed by atoms with E-state index in [2.05, 4.69) is 9.97 Å². The third-order valence-electron chi connectivity index (χ3n) is 3.44. The average molecular weight is 291 g/mol. The fourth-order valence-corrected chi connectivity index (χ4v) is 3.22. The maximum atomic E-state index is 12.5. The van der Waals surface area contributed by atoms with Crippen molar-refractivity contribution in [3.63, 3.8) is 0 Å². The van der Waals surface area contributed by atoms with E-state index >= 15 is 0 Å². The van der Waals surface area contributed by atoms with Crippen molar-refractivity contribution in [1.82, 2.24) is 14.9 Å². The van der Waals surface area contributed by atoms with Crippen LogP contribution in [0.4, 0.5) is 0 Å². The zero-order valence-electron chi connectivity index (χ0n) is 11.5. The summed E-state index contributed by atoms with van der Waals surface area (Å²) in [7, 11) is 0. The first-order valence-electron chi connectivity index (χ1n) is 6.61. The predicted molar refractivity (Wildman–Crippen MR) is 77.0 cm³/mol. The summed E-state index contributed by atoms with van der Waals surface area (Å²) in [5.41, 5.74) is 2.04. The Morgan fingerprint density at radius 3 is 3.05 bits per heavy atom. The van der Waals surface area contributed by atoms with Gasteiger partial charge < -0.3 is 14.6 Å². The van der Waals surface area contributed by atoms with Crippen molar-refractivity contribution in [2.45, 2.75) is 20.0 Å². The van der Waals surface area contributed by atoms with Gasteiger partial charge in [-0.05, 0) is 30.9 Å². The predicted octanol–water partition coefficient (Wildman–Crippen LogP) is 2.30. The van der Waals surface area contributed by atoms with Crippen LogP contribution in [0.1, 0.15) is 32.9 Å². The van der Waals surface area contributed by atoms with E-state index in [1.165, 1.54) is 11.3 Å². The first kappa shape index (κ1) is 13.3. The van der Waals surface area contributed by atoms with Gasteiger partial charge in [0.1, 0.15) is 11.9 Å². The van der Waals surface area contributed by atoms with Gasteiger partial charge in [0.15, 0.2) is 0 Å². The molecule has 3 rings (SSSR count). The van der Waals surface area contributed by atoms with Crippen LogP contribution in [0.5, 0.6) is 0 Å². The number of morpholine rings is 1. The molecular weight excluding hydrogens is 274 g/mol. The van der Waals surface area contributed by atoms with Crippen LogP contribution in [-0.4, -0.2) is 40.5 Å². The van der Waals surface area contributed by atoms with Crippen LogP contribution in [0.15, 0.2) is 17.6 Å². The van der Waals surface area contributed by atoms with Crippen molar-refractivity contribution in [1.29, 1.82) is 0 Å². The van der Waals surface area contributed by atoms with Crippen LogP contribution in [0, 0.1) is 13.8 Å². The lowest BCUT2D eigenvalue weighted by Gasteiger charge is -2.32. The molecule has 0 aromatic carbocycles. The number of thiophene rings is 1. The number of aromatic nitrogens is 2. The third-order valence-corrected chi connectivity index (χ3v) is 4.44. The minimum absolute atomic E-state index is 0.0917. The molecule has 0 aliphatic carbocycles. The van der Waals surface area contributed by atoms with Crippen molar-refractivity contribution in [2.75, 3.05) is 19.7 Å². The zero-order chi connectivity index (χ0) is 14.1. The number of ether oxygens (including phenoxy) is 1. The third kappa shape index (κ3) is 2.48. The number of rotatable bonds is 2. The van der Waals surface area contributed by atoms with E-state index in [0.29, 0.717) is 19.7 Å². The molecule has 1 fully saturated rings. The van der Waals surface area contributed by atoms with E-state index in [9.17, 15) is 4.79 Å². The Labute approximate surface area is 121 Å². The summed E-state index contributed by atoms with van der Waals surface area (Å²) in [5, 5.41) is 1.95. The van der Waals surface area contributed by atoms with Crippen LogP contribution in [0.25, 0.3) is 0 Å². The molecule has 2 aromatic rings.